The number of halogens is 6. The Bertz CT molecular complexity index is 1370. The second-order valence-electron chi connectivity index (χ2n) is 8.83. The van der Waals surface area contributed by atoms with E-state index in [0.29, 0.717) is 34.7 Å². The summed E-state index contributed by atoms with van der Waals surface area (Å²) >= 11 is 0. The Morgan fingerprint density at radius 1 is 0.868 bits per heavy atom. The molecule has 1 aliphatic heterocycles. The Kier molecular flexibility index (Phi) is 7.05. The monoisotopic (exact) mass is 533 g/mol. The molecule has 11 heteroatoms. The van der Waals surface area contributed by atoms with Gasteiger partial charge >= 0.3 is 12.4 Å². The molecule has 5 nitrogen and oxygen atoms in total. The maximum Gasteiger partial charge on any atom is 0.416 e. The van der Waals surface area contributed by atoms with E-state index in [1.165, 1.54) is 4.90 Å². The van der Waals surface area contributed by atoms with Gasteiger partial charge in [-0.2, -0.15) is 26.3 Å². The van der Waals surface area contributed by atoms with Crippen LogP contribution in [-0.2, 0) is 17.1 Å². The summed E-state index contributed by atoms with van der Waals surface area (Å²) < 4.78 is 79.9. The van der Waals surface area contributed by atoms with Crippen LogP contribution in [-0.4, -0.2) is 29.7 Å². The Labute approximate surface area is 213 Å². The van der Waals surface area contributed by atoms with Crippen molar-refractivity contribution in [2.75, 3.05) is 4.90 Å². The van der Waals surface area contributed by atoms with Gasteiger partial charge in [-0.15, -0.1) is 0 Å². The molecule has 1 N–H and O–H groups in total. The maximum atomic E-state index is 13.6. The Morgan fingerprint density at radius 2 is 1.42 bits per heavy atom. The van der Waals surface area contributed by atoms with Crippen molar-refractivity contribution in [3.05, 3.63) is 101 Å². The predicted molar refractivity (Wildman–Crippen MR) is 129 cm³/mol. The molecule has 3 aromatic rings. The zero-order valence-electron chi connectivity index (χ0n) is 20.1. The van der Waals surface area contributed by atoms with Crippen molar-refractivity contribution in [2.24, 2.45) is 4.99 Å². The average molecular weight is 533 g/mol. The van der Waals surface area contributed by atoms with E-state index in [-0.39, 0.29) is 6.07 Å². The first kappa shape index (κ1) is 26.9. The Balaban J connectivity index is 1.83. The molecular formula is C27H21F6N3O2. The number of alkyl halides is 6. The largest absolute Gasteiger partial charge is 0.416 e. The van der Waals surface area contributed by atoms with Gasteiger partial charge in [0.2, 0.25) is 6.17 Å². The first-order valence-electron chi connectivity index (χ1n) is 11.4. The second kappa shape index (κ2) is 9.96. The van der Waals surface area contributed by atoms with Crippen molar-refractivity contribution < 1.29 is 35.9 Å². The van der Waals surface area contributed by atoms with Crippen LogP contribution >= 0.6 is 0 Å². The second-order valence-corrected chi connectivity index (χ2v) is 8.83. The van der Waals surface area contributed by atoms with Gasteiger partial charge in [0.05, 0.1) is 22.5 Å². The van der Waals surface area contributed by atoms with Crippen LogP contribution in [0.4, 0.5) is 32.0 Å². The van der Waals surface area contributed by atoms with Crippen molar-refractivity contribution in [3.63, 3.8) is 0 Å². The van der Waals surface area contributed by atoms with Crippen molar-refractivity contribution in [3.8, 4) is 0 Å². The first-order chi connectivity index (χ1) is 17.8. The van der Waals surface area contributed by atoms with Crippen LogP contribution < -0.4 is 10.2 Å². The number of benzene rings is 3. The summed E-state index contributed by atoms with van der Waals surface area (Å²) in [4.78, 5) is 32.5. The molecule has 0 radical (unpaired) electrons. The minimum absolute atomic E-state index is 0.0730. The molecule has 0 aromatic heterocycles. The highest BCUT2D eigenvalue weighted by atomic mass is 19.4. The number of nitrogens with one attached hydrogen (secondary N) is 1. The molecule has 0 saturated heterocycles. The average Bonchev–Trinajstić information content (AvgIpc) is 2.97. The molecule has 0 saturated carbocycles. The third-order valence-corrected chi connectivity index (χ3v) is 5.83. The molecule has 0 unspecified atom stereocenters. The van der Waals surface area contributed by atoms with Gasteiger partial charge < -0.3 is 10.2 Å². The molecule has 38 heavy (non-hydrogen) atoms. The standard InChI is InChI=1S/C27H21F6N3O2/c1-15(2)36-21-11-7-6-10-20(21)22(16-8-4-3-5-9-16)34-23(25(36)38)35-24(37)17-12-18(26(28,29)30)14-19(13-17)27(31,32)33/h3-15,23H,1-2H3,(H,35,37)/t23-/m0/s1. The number of aliphatic imine (C=N–C) groups is 1. The minimum atomic E-state index is -5.14. The van der Waals surface area contributed by atoms with Crippen LogP contribution in [0.5, 0.6) is 0 Å². The number of carbonyl (C=O) groups excluding carboxylic acids is 2. The molecule has 0 spiro atoms. The van der Waals surface area contributed by atoms with E-state index in [9.17, 15) is 35.9 Å². The highest BCUT2D eigenvalue weighted by Gasteiger charge is 2.39. The molecule has 198 valence electrons. The van der Waals surface area contributed by atoms with Gasteiger partial charge in [-0.25, -0.2) is 4.99 Å². The van der Waals surface area contributed by atoms with Crippen LogP contribution in [0.2, 0.25) is 0 Å². The van der Waals surface area contributed by atoms with E-state index in [2.05, 4.69) is 10.3 Å². The summed E-state index contributed by atoms with van der Waals surface area (Å²) in [7, 11) is 0. The molecule has 1 heterocycles. The summed E-state index contributed by atoms with van der Waals surface area (Å²) in [6.45, 7) is 3.45. The lowest BCUT2D eigenvalue weighted by molar-refractivity contribution is -0.143. The quantitative estimate of drug-likeness (QED) is 0.414. The van der Waals surface area contributed by atoms with Crippen molar-refractivity contribution >= 4 is 23.2 Å². The third-order valence-electron chi connectivity index (χ3n) is 5.83. The lowest BCUT2D eigenvalue weighted by Crippen LogP contribution is -2.49. The van der Waals surface area contributed by atoms with Crippen LogP contribution in [0, 0.1) is 0 Å². The minimum Gasteiger partial charge on any atom is -0.322 e. The van der Waals surface area contributed by atoms with E-state index >= 15 is 0 Å². The van der Waals surface area contributed by atoms with Gasteiger partial charge in [0, 0.05) is 22.7 Å². The highest BCUT2D eigenvalue weighted by molar-refractivity contribution is 6.20. The zero-order valence-corrected chi connectivity index (χ0v) is 20.1. The number of fused-ring (bicyclic) bond motifs is 1. The van der Waals surface area contributed by atoms with E-state index in [4.69, 9.17) is 0 Å². The third kappa shape index (κ3) is 5.41. The first-order valence-corrected chi connectivity index (χ1v) is 11.4. The Morgan fingerprint density at radius 3 is 1.97 bits per heavy atom. The predicted octanol–water partition coefficient (Wildman–Crippen LogP) is 6.07. The number of anilines is 1. The number of hydrogen-bond donors (Lipinski definition) is 1. The van der Waals surface area contributed by atoms with Gasteiger partial charge in [-0.3, -0.25) is 9.59 Å². The van der Waals surface area contributed by atoms with E-state index in [1.54, 1.807) is 68.4 Å². The van der Waals surface area contributed by atoms with Crippen LogP contribution in [0.25, 0.3) is 0 Å². The fourth-order valence-corrected chi connectivity index (χ4v) is 4.13. The summed E-state index contributed by atoms with van der Waals surface area (Å²) in [5.74, 6) is -2.01. The molecule has 1 atom stereocenters. The number of benzodiazepines with no additional fused rings is 1. The normalized spacial score (nSPS) is 16.1. The lowest BCUT2D eigenvalue weighted by atomic mass is 10.00. The fraction of sp³-hybridized carbons (Fsp3) is 0.222. The van der Waals surface area contributed by atoms with Gasteiger partial charge in [0.15, 0.2) is 0 Å². The molecule has 1 aliphatic rings. The number of carbonyl (C=O) groups is 2. The Hall–Kier alpha value is -4.15. The number of hydrogen-bond acceptors (Lipinski definition) is 3. The van der Waals surface area contributed by atoms with Gasteiger partial charge in [0.25, 0.3) is 11.8 Å². The highest BCUT2D eigenvalue weighted by Crippen LogP contribution is 2.36. The molecule has 4 rings (SSSR count). The van der Waals surface area contributed by atoms with Crippen LogP contribution in [0.15, 0.2) is 77.8 Å². The molecular weight excluding hydrogens is 512 g/mol. The topological polar surface area (TPSA) is 61.8 Å². The summed E-state index contributed by atoms with van der Waals surface area (Å²) in [5, 5.41) is 2.25. The summed E-state index contributed by atoms with van der Waals surface area (Å²) in [5.41, 5.74) is -2.22. The molecule has 0 fully saturated rings. The van der Waals surface area contributed by atoms with Crippen LogP contribution in [0.3, 0.4) is 0 Å². The van der Waals surface area contributed by atoms with Crippen molar-refractivity contribution in [1.82, 2.24) is 5.32 Å². The summed E-state index contributed by atoms with van der Waals surface area (Å²) in [6, 6.07) is 15.7. The van der Waals surface area contributed by atoms with Gasteiger partial charge in [-0.1, -0.05) is 48.5 Å². The van der Waals surface area contributed by atoms with Gasteiger partial charge in [0.1, 0.15) is 0 Å². The van der Waals surface area contributed by atoms with Crippen LogP contribution in [0.1, 0.15) is 46.5 Å². The van der Waals surface area contributed by atoms with Crippen molar-refractivity contribution in [1.29, 1.82) is 0 Å². The molecule has 0 bridgehead atoms. The van der Waals surface area contributed by atoms with Gasteiger partial charge in [-0.05, 0) is 38.1 Å². The number of nitrogens with zero attached hydrogens (tertiary/aromatic N) is 2. The van der Waals surface area contributed by atoms with E-state index < -0.39 is 53.1 Å². The molecule has 0 aliphatic carbocycles. The number of rotatable bonds is 4. The van der Waals surface area contributed by atoms with E-state index in [1.807, 2.05) is 0 Å². The summed E-state index contributed by atoms with van der Waals surface area (Å²) in [6.07, 6.45) is -11.9. The number of para-hydroxylation sites is 1. The molecule has 3 aromatic carbocycles. The fourth-order valence-electron chi connectivity index (χ4n) is 4.13. The SMILES string of the molecule is CC(C)N1C(=O)[C@H](NC(=O)c2cc(C(F)(F)F)cc(C(F)(F)F)c2)N=C(c2ccccc2)c2ccccc21. The van der Waals surface area contributed by atoms with E-state index in [0.717, 1.165) is 0 Å². The molecule has 2 amide bonds. The van der Waals surface area contributed by atoms with Crippen molar-refractivity contribution in [2.45, 2.75) is 38.4 Å². The lowest BCUT2D eigenvalue weighted by Gasteiger charge is -2.29. The zero-order chi connectivity index (χ0) is 27.8. The number of amides is 2. The maximum absolute atomic E-state index is 13.6. The smallest absolute Gasteiger partial charge is 0.322 e.